The summed E-state index contributed by atoms with van der Waals surface area (Å²) in [7, 11) is 0. The normalized spacial score (nSPS) is 10.1. The van der Waals surface area contributed by atoms with Crippen LogP contribution in [0.15, 0.2) is 35.4 Å². The third-order valence-corrected chi connectivity index (χ3v) is 3.25. The van der Waals surface area contributed by atoms with E-state index in [2.05, 4.69) is 20.7 Å². The van der Waals surface area contributed by atoms with E-state index < -0.39 is 5.91 Å². The van der Waals surface area contributed by atoms with E-state index in [9.17, 15) is 9.59 Å². The number of primary amides is 1. The molecule has 0 aliphatic carbocycles. The van der Waals surface area contributed by atoms with Crippen molar-refractivity contribution in [1.29, 1.82) is 0 Å². The number of anilines is 1. The number of nitrogens with zero attached hydrogens (tertiary/aromatic N) is 2. The molecular formula is C11H11N5O2S. The molecule has 8 heteroatoms. The van der Waals surface area contributed by atoms with E-state index in [-0.39, 0.29) is 17.4 Å². The van der Waals surface area contributed by atoms with E-state index in [0.717, 1.165) is 4.90 Å². The first-order valence-electron chi connectivity index (χ1n) is 5.34. The third-order valence-electron chi connectivity index (χ3n) is 2.15. The van der Waals surface area contributed by atoms with Crippen LogP contribution >= 0.6 is 11.8 Å². The summed E-state index contributed by atoms with van der Waals surface area (Å²) in [6.07, 6.45) is 1.33. The lowest BCUT2D eigenvalue weighted by molar-refractivity contribution is -0.115. The topological polar surface area (TPSA) is 114 Å². The molecule has 0 unspecified atom stereocenters. The van der Waals surface area contributed by atoms with Gasteiger partial charge in [0.25, 0.3) is 5.91 Å². The van der Waals surface area contributed by atoms with Crippen molar-refractivity contribution in [2.45, 2.75) is 4.90 Å². The van der Waals surface area contributed by atoms with E-state index >= 15 is 0 Å². The van der Waals surface area contributed by atoms with E-state index in [0.29, 0.717) is 5.69 Å². The van der Waals surface area contributed by atoms with Crippen LogP contribution in [-0.4, -0.2) is 33.0 Å². The van der Waals surface area contributed by atoms with Gasteiger partial charge in [0.05, 0.1) is 17.6 Å². The van der Waals surface area contributed by atoms with Gasteiger partial charge in [-0.25, -0.2) is 0 Å². The molecule has 98 valence electrons. The van der Waals surface area contributed by atoms with Gasteiger partial charge in [0.15, 0.2) is 5.69 Å². The van der Waals surface area contributed by atoms with Crippen LogP contribution < -0.4 is 11.1 Å². The smallest absolute Gasteiger partial charge is 0.277 e. The number of amides is 2. The minimum absolute atomic E-state index is 0.150. The zero-order valence-corrected chi connectivity index (χ0v) is 10.6. The van der Waals surface area contributed by atoms with Crippen LogP contribution in [0.2, 0.25) is 0 Å². The number of carbonyl (C=O) groups excluding carboxylic acids is 2. The fraction of sp³-hybridized carbons (Fsp3) is 0.0909. The summed E-state index contributed by atoms with van der Waals surface area (Å²) in [5, 5.41) is 12.3. The lowest BCUT2D eigenvalue weighted by Gasteiger charge is -2.08. The molecule has 0 aliphatic heterocycles. The highest BCUT2D eigenvalue weighted by Gasteiger charge is 2.11. The van der Waals surface area contributed by atoms with Crippen molar-refractivity contribution >= 4 is 29.3 Å². The Labute approximate surface area is 113 Å². The summed E-state index contributed by atoms with van der Waals surface area (Å²) < 4.78 is 0. The highest BCUT2D eigenvalue weighted by atomic mass is 32.2. The second-order valence-corrected chi connectivity index (χ2v) is 4.58. The van der Waals surface area contributed by atoms with Gasteiger partial charge in [-0.05, 0) is 12.1 Å². The Bertz CT molecular complexity index is 585. The van der Waals surface area contributed by atoms with Crippen molar-refractivity contribution in [3.05, 3.63) is 36.2 Å². The number of hydrogen-bond acceptors (Lipinski definition) is 5. The number of nitrogens with one attached hydrogen (secondary N) is 2. The highest BCUT2D eigenvalue weighted by Crippen LogP contribution is 2.26. The Kier molecular flexibility index (Phi) is 4.14. The molecule has 2 aromatic rings. The van der Waals surface area contributed by atoms with Crippen LogP contribution in [0.4, 0.5) is 5.69 Å². The lowest BCUT2D eigenvalue weighted by Crippen LogP contribution is -2.15. The van der Waals surface area contributed by atoms with Gasteiger partial charge >= 0.3 is 0 Å². The summed E-state index contributed by atoms with van der Waals surface area (Å²) in [5.41, 5.74) is 5.89. The van der Waals surface area contributed by atoms with Crippen LogP contribution in [-0.2, 0) is 4.79 Å². The Morgan fingerprint density at radius 2 is 2.16 bits per heavy atom. The maximum absolute atomic E-state index is 11.8. The summed E-state index contributed by atoms with van der Waals surface area (Å²) in [4.78, 5) is 23.4. The van der Waals surface area contributed by atoms with Gasteiger partial charge in [-0.3, -0.25) is 9.59 Å². The van der Waals surface area contributed by atoms with Crippen LogP contribution in [0.25, 0.3) is 0 Å². The quantitative estimate of drug-likeness (QED) is 0.694. The summed E-state index contributed by atoms with van der Waals surface area (Å²) in [6.45, 7) is 0. The average molecular weight is 277 g/mol. The minimum Gasteiger partial charge on any atom is -0.369 e. The molecule has 19 heavy (non-hydrogen) atoms. The zero-order chi connectivity index (χ0) is 13.7. The van der Waals surface area contributed by atoms with E-state index in [4.69, 9.17) is 5.73 Å². The predicted octanol–water partition coefficient (Wildman–Crippen LogP) is 0.634. The lowest BCUT2D eigenvalue weighted by atomic mass is 10.3. The van der Waals surface area contributed by atoms with Crippen molar-refractivity contribution in [3.63, 3.8) is 0 Å². The molecule has 1 aromatic carbocycles. The number of aromatic nitrogens is 3. The number of hydrogen-bond donors (Lipinski definition) is 3. The molecule has 0 aliphatic rings. The van der Waals surface area contributed by atoms with E-state index in [1.807, 2.05) is 6.07 Å². The van der Waals surface area contributed by atoms with Crippen LogP contribution in [0.5, 0.6) is 0 Å². The van der Waals surface area contributed by atoms with Crippen molar-refractivity contribution in [1.82, 2.24) is 15.4 Å². The van der Waals surface area contributed by atoms with Crippen molar-refractivity contribution in [3.8, 4) is 0 Å². The SMILES string of the molecule is NC(=O)CSc1ccccc1NC(=O)c1cn[nH]n1. The monoisotopic (exact) mass is 277 g/mol. The van der Waals surface area contributed by atoms with Gasteiger partial charge in [0, 0.05) is 4.90 Å². The minimum atomic E-state index is -0.414. The Morgan fingerprint density at radius 1 is 1.37 bits per heavy atom. The molecular weight excluding hydrogens is 266 g/mol. The van der Waals surface area contributed by atoms with Crippen molar-refractivity contribution < 1.29 is 9.59 Å². The largest absolute Gasteiger partial charge is 0.369 e. The number of nitrogens with two attached hydrogens (primary N) is 1. The molecule has 0 spiro atoms. The maximum Gasteiger partial charge on any atom is 0.277 e. The van der Waals surface area contributed by atoms with Gasteiger partial charge in [0.2, 0.25) is 5.91 Å². The number of carbonyl (C=O) groups is 2. The average Bonchev–Trinajstić information content (AvgIpc) is 2.91. The van der Waals surface area contributed by atoms with Gasteiger partial charge in [0.1, 0.15) is 0 Å². The molecule has 0 atom stereocenters. The summed E-state index contributed by atoms with van der Waals surface area (Å²) >= 11 is 1.26. The summed E-state index contributed by atoms with van der Waals surface area (Å²) in [6, 6.07) is 7.13. The number of para-hydroxylation sites is 1. The first kappa shape index (κ1) is 13.1. The molecule has 2 amide bonds. The Hall–Kier alpha value is -2.35. The van der Waals surface area contributed by atoms with Crippen molar-refractivity contribution in [2.75, 3.05) is 11.1 Å². The second kappa shape index (κ2) is 6.01. The molecule has 2 rings (SSSR count). The predicted molar refractivity (Wildman–Crippen MR) is 70.7 cm³/mol. The number of benzene rings is 1. The standard InChI is InChI=1S/C11H11N5O2S/c12-10(17)6-19-9-4-2-1-3-7(9)14-11(18)8-5-13-16-15-8/h1-5H,6H2,(H2,12,17)(H,14,18)(H,13,15,16). The van der Waals surface area contributed by atoms with Crippen LogP contribution in [0, 0.1) is 0 Å². The molecule has 0 saturated carbocycles. The van der Waals surface area contributed by atoms with Gasteiger partial charge in [-0.2, -0.15) is 15.4 Å². The van der Waals surface area contributed by atoms with Crippen LogP contribution in [0.1, 0.15) is 10.5 Å². The fourth-order valence-corrected chi connectivity index (χ4v) is 2.09. The number of rotatable bonds is 5. The third kappa shape index (κ3) is 3.55. The first-order valence-corrected chi connectivity index (χ1v) is 6.32. The molecule has 0 fully saturated rings. The maximum atomic E-state index is 11.8. The Balaban J connectivity index is 2.11. The molecule has 1 heterocycles. The van der Waals surface area contributed by atoms with Crippen molar-refractivity contribution in [2.24, 2.45) is 5.73 Å². The molecule has 7 nitrogen and oxygen atoms in total. The summed E-state index contributed by atoms with van der Waals surface area (Å²) in [5.74, 6) is -0.639. The van der Waals surface area contributed by atoms with Gasteiger partial charge in [-0.15, -0.1) is 11.8 Å². The van der Waals surface area contributed by atoms with Crippen LogP contribution in [0.3, 0.4) is 0 Å². The van der Waals surface area contributed by atoms with E-state index in [1.54, 1.807) is 18.2 Å². The fourth-order valence-electron chi connectivity index (χ4n) is 1.34. The number of aromatic amines is 1. The van der Waals surface area contributed by atoms with Gasteiger partial charge in [-0.1, -0.05) is 12.1 Å². The van der Waals surface area contributed by atoms with Gasteiger partial charge < -0.3 is 11.1 Å². The molecule has 0 radical (unpaired) electrons. The zero-order valence-electron chi connectivity index (χ0n) is 9.79. The Morgan fingerprint density at radius 3 is 2.84 bits per heavy atom. The number of H-pyrrole nitrogens is 1. The van der Waals surface area contributed by atoms with E-state index in [1.165, 1.54) is 18.0 Å². The highest BCUT2D eigenvalue weighted by molar-refractivity contribution is 8.00. The molecule has 1 aromatic heterocycles. The first-order chi connectivity index (χ1) is 9.16. The number of thioether (sulfide) groups is 1. The molecule has 0 saturated heterocycles. The molecule has 4 N–H and O–H groups in total. The molecule has 0 bridgehead atoms. The second-order valence-electron chi connectivity index (χ2n) is 3.56.